The van der Waals surface area contributed by atoms with E-state index < -0.39 is 6.04 Å². The molecule has 0 saturated carbocycles. The molecule has 2 aromatic rings. The fourth-order valence-corrected chi connectivity index (χ4v) is 2.96. The molecule has 5 nitrogen and oxygen atoms in total. The molecule has 1 heterocycles. The first-order valence-corrected chi connectivity index (χ1v) is 8.63. The molecule has 2 aromatic carbocycles. The number of aryl methyl sites for hydroxylation is 1. The Labute approximate surface area is 155 Å². The van der Waals surface area contributed by atoms with Gasteiger partial charge in [0.15, 0.2) is 0 Å². The molecule has 2 amide bonds. The van der Waals surface area contributed by atoms with E-state index in [2.05, 4.69) is 16.0 Å². The summed E-state index contributed by atoms with van der Waals surface area (Å²) >= 11 is 12.0. The molecule has 0 bridgehead atoms. The van der Waals surface area contributed by atoms with Gasteiger partial charge in [-0.2, -0.15) is 0 Å². The van der Waals surface area contributed by atoms with Gasteiger partial charge in [0.05, 0.1) is 10.7 Å². The fraction of sp³-hybridized carbons (Fsp3) is 0.222. The molecule has 130 valence electrons. The highest BCUT2D eigenvalue weighted by atomic mass is 35.5. The molecule has 3 rings (SSSR count). The Kier molecular flexibility index (Phi) is 5.16. The van der Waals surface area contributed by atoms with Crippen LogP contribution in [0.2, 0.25) is 10.0 Å². The summed E-state index contributed by atoms with van der Waals surface area (Å²) in [6.07, 6.45) is 1.16. The van der Waals surface area contributed by atoms with Gasteiger partial charge in [-0.3, -0.25) is 9.59 Å². The van der Waals surface area contributed by atoms with Crippen molar-refractivity contribution >= 4 is 52.1 Å². The third-order valence-electron chi connectivity index (χ3n) is 3.96. The van der Waals surface area contributed by atoms with Crippen molar-refractivity contribution in [3.8, 4) is 0 Å². The van der Waals surface area contributed by atoms with E-state index in [4.69, 9.17) is 23.2 Å². The zero-order valence-corrected chi connectivity index (χ0v) is 15.0. The molecule has 0 saturated heterocycles. The Balaban J connectivity index is 1.67. The third-order valence-corrected chi connectivity index (χ3v) is 4.53. The van der Waals surface area contributed by atoms with Gasteiger partial charge in [0.1, 0.15) is 6.04 Å². The van der Waals surface area contributed by atoms with Crippen LogP contribution >= 0.6 is 23.2 Å². The highest BCUT2D eigenvalue weighted by Crippen LogP contribution is 2.27. The minimum atomic E-state index is -0.480. The molecule has 0 spiro atoms. The average molecular weight is 378 g/mol. The van der Waals surface area contributed by atoms with Gasteiger partial charge in [0.25, 0.3) is 0 Å². The number of benzene rings is 2. The lowest BCUT2D eigenvalue weighted by atomic mass is 10.0. The Morgan fingerprint density at radius 3 is 2.76 bits per heavy atom. The topological polar surface area (TPSA) is 70.2 Å². The van der Waals surface area contributed by atoms with E-state index in [1.54, 1.807) is 25.1 Å². The van der Waals surface area contributed by atoms with Gasteiger partial charge in [0, 0.05) is 22.8 Å². The smallest absolute Gasteiger partial charge is 0.246 e. The molecule has 1 aliphatic heterocycles. The lowest BCUT2D eigenvalue weighted by Crippen LogP contribution is -2.32. The number of carbonyl (C=O) groups excluding carboxylic acids is 2. The van der Waals surface area contributed by atoms with Crippen LogP contribution in [-0.2, 0) is 16.0 Å². The minimum absolute atomic E-state index is 0.0272. The van der Waals surface area contributed by atoms with E-state index in [1.165, 1.54) is 0 Å². The van der Waals surface area contributed by atoms with Crippen LogP contribution in [0.3, 0.4) is 0 Å². The Bertz CT molecular complexity index is 839. The summed E-state index contributed by atoms with van der Waals surface area (Å²) in [6.45, 7) is 1.76. The van der Waals surface area contributed by atoms with Crippen molar-refractivity contribution in [2.45, 2.75) is 25.8 Å². The highest BCUT2D eigenvalue weighted by molar-refractivity contribution is 6.35. The second-order valence-electron chi connectivity index (χ2n) is 5.90. The Morgan fingerprint density at radius 1 is 1.16 bits per heavy atom. The largest absolute Gasteiger partial charge is 0.374 e. The van der Waals surface area contributed by atoms with E-state index in [-0.39, 0.29) is 11.8 Å². The normalized spacial score (nSPS) is 14.3. The molecule has 1 aliphatic rings. The number of anilines is 3. The van der Waals surface area contributed by atoms with E-state index in [0.717, 1.165) is 16.9 Å². The number of hydrogen-bond donors (Lipinski definition) is 3. The first kappa shape index (κ1) is 17.6. The van der Waals surface area contributed by atoms with Crippen LogP contribution in [0.5, 0.6) is 0 Å². The van der Waals surface area contributed by atoms with E-state index >= 15 is 0 Å². The van der Waals surface area contributed by atoms with Crippen LogP contribution in [0, 0.1) is 0 Å². The fourth-order valence-electron chi connectivity index (χ4n) is 2.62. The summed E-state index contributed by atoms with van der Waals surface area (Å²) in [5.74, 6) is -0.199. The van der Waals surface area contributed by atoms with Crippen molar-refractivity contribution < 1.29 is 9.59 Å². The van der Waals surface area contributed by atoms with Crippen LogP contribution < -0.4 is 16.0 Å². The average Bonchev–Trinajstić information content (AvgIpc) is 2.58. The number of nitrogens with one attached hydrogen (secondary N) is 3. The minimum Gasteiger partial charge on any atom is -0.374 e. The molecule has 0 fully saturated rings. The first-order valence-electron chi connectivity index (χ1n) is 7.87. The van der Waals surface area contributed by atoms with Crippen LogP contribution in [0.1, 0.15) is 18.9 Å². The Hall–Kier alpha value is -2.24. The molecule has 7 heteroatoms. The number of rotatable bonds is 4. The molecular weight excluding hydrogens is 361 g/mol. The molecule has 3 N–H and O–H groups in total. The van der Waals surface area contributed by atoms with Crippen LogP contribution in [0.15, 0.2) is 36.4 Å². The number of fused-ring (bicyclic) bond motifs is 1. The molecule has 0 unspecified atom stereocenters. The van der Waals surface area contributed by atoms with Gasteiger partial charge in [-0.15, -0.1) is 0 Å². The SMILES string of the molecule is C[C@@H](Nc1ccc2c(c1)CCC(=O)N2)C(=O)Nc1cc(Cl)ccc1Cl. The standard InChI is InChI=1S/C18H17Cl2N3O2/c1-10(18(25)23-16-9-12(19)3-5-14(16)20)21-13-4-6-15-11(8-13)2-7-17(24)22-15/h3-6,8-10,21H,2,7H2,1H3,(H,22,24)(H,23,25)/t10-/m1/s1. The molecule has 0 aromatic heterocycles. The summed E-state index contributed by atoms with van der Waals surface area (Å²) in [5.41, 5.74) is 3.16. The maximum atomic E-state index is 12.4. The van der Waals surface area contributed by atoms with Crippen molar-refractivity contribution in [2.75, 3.05) is 16.0 Å². The van der Waals surface area contributed by atoms with E-state index in [9.17, 15) is 9.59 Å². The van der Waals surface area contributed by atoms with Crippen molar-refractivity contribution in [3.05, 3.63) is 52.0 Å². The van der Waals surface area contributed by atoms with Crippen molar-refractivity contribution in [1.82, 2.24) is 0 Å². The summed E-state index contributed by atoms with van der Waals surface area (Å²) in [4.78, 5) is 23.8. The predicted octanol–water partition coefficient (Wildman–Crippen LogP) is 4.32. The number of halogens is 2. The van der Waals surface area contributed by atoms with Gasteiger partial charge in [-0.25, -0.2) is 0 Å². The third kappa shape index (κ3) is 4.24. The quantitative estimate of drug-likeness (QED) is 0.742. The zero-order valence-electron chi connectivity index (χ0n) is 13.5. The number of amides is 2. The monoisotopic (exact) mass is 377 g/mol. The van der Waals surface area contributed by atoms with Crippen LogP contribution in [0.4, 0.5) is 17.1 Å². The number of hydrogen-bond acceptors (Lipinski definition) is 3. The summed E-state index contributed by atoms with van der Waals surface area (Å²) in [7, 11) is 0. The molecule has 1 atom stereocenters. The molecule has 0 radical (unpaired) electrons. The van der Waals surface area contributed by atoms with Gasteiger partial charge < -0.3 is 16.0 Å². The second kappa shape index (κ2) is 7.33. The Morgan fingerprint density at radius 2 is 1.96 bits per heavy atom. The van der Waals surface area contributed by atoms with Crippen LogP contribution in [-0.4, -0.2) is 17.9 Å². The lowest BCUT2D eigenvalue weighted by Gasteiger charge is -2.20. The zero-order chi connectivity index (χ0) is 18.0. The summed E-state index contributed by atoms with van der Waals surface area (Å²) < 4.78 is 0. The van der Waals surface area contributed by atoms with Crippen molar-refractivity contribution in [3.63, 3.8) is 0 Å². The van der Waals surface area contributed by atoms with Gasteiger partial charge in [-0.05, 0) is 55.3 Å². The second-order valence-corrected chi connectivity index (χ2v) is 6.74. The van der Waals surface area contributed by atoms with Gasteiger partial charge >= 0.3 is 0 Å². The predicted molar refractivity (Wildman–Crippen MR) is 102 cm³/mol. The molecule has 0 aliphatic carbocycles. The van der Waals surface area contributed by atoms with E-state index in [0.29, 0.717) is 28.6 Å². The van der Waals surface area contributed by atoms with Crippen molar-refractivity contribution in [2.24, 2.45) is 0 Å². The molecular formula is C18H17Cl2N3O2. The lowest BCUT2D eigenvalue weighted by molar-refractivity contribution is -0.117. The van der Waals surface area contributed by atoms with Crippen molar-refractivity contribution in [1.29, 1.82) is 0 Å². The summed E-state index contributed by atoms with van der Waals surface area (Å²) in [6, 6.07) is 10.0. The maximum absolute atomic E-state index is 12.4. The highest BCUT2D eigenvalue weighted by Gasteiger charge is 2.17. The van der Waals surface area contributed by atoms with Crippen LogP contribution in [0.25, 0.3) is 0 Å². The first-order chi connectivity index (χ1) is 11.9. The molecule has 25 heavy (non-hydrogen) atoms. The number of carbonyl (C=O) groups is 2. The summed E-state index contributed by atoms with van der Waals surface area (Å²) in [5, 5.41) is 9.68. The van der Waals surface area contributed by atoms with Gasteiger partial charge in [0.2, 0.25) is 11.8 Å². The van der Waals surface area contributed by atoms with Gasteiger partial charge in [-0.1, -0.05) is 23.2 Å². The van der Waals surface area contributed by atoms with E-state index in [1.807, 2.05) is 18.2 Å². The maximum Gasteiger partial charge on any atom is 0.246 e.